The van der Waals surface area contributed by atoms with Gasteiger partial charge in [0.25, 0.3) is 0 Å². The largest absolute Gasteiger partial charge is 0.493 e. The third-order valence-electron chi connectivity index (χ3n) is 4.83. The number of anilines is 1. The van der Waals surface area contributed by atoms with Crippen molar-refractivity contribution in [3.63, 3.8) is 0 Å². The molecular weight excluding hydrogens is 382 g/mol. The van der Waals surface area contributed by atoms with Gasteiger partial charge in [0.2, 0.25) is 11.8 Å². The molecule has 162 valence electrons. The van der Waals surface area contributed by atoms with Crippen LogP contribution in [-0.4, -0.2) is 63.0 Å². The summed E-state index contributed by atoms with van der Waals surface area (Å²) >= 11 is 0. The van der Waals surface area contributed by atoms with E-state index < -0.39 is 0 Å². The fraction of sp³-hybridized carbons (Fsp3) is 0.391. The third-order valence-corrected chi connectivity index (χ3v) is 4.83. The summed E-state index contributed by atoms with van der Waals surface area (Å²) in [6, 6.07) is 11.4. The molecule has 0 saturated heterocycles. The smallest absolute Gasteiger partial charge is 0.243 e. The van der Waals surface area contributed by atoms with E-state index in [2.05, 4.69) is 5.32 Å². The Hall–Kier alpha value is -3.06. The first-order valence-corrected chi connectivity index (χ1v) is 9.74. The number of nitrogens with zero attached hydrogens (tertiary/aromatic N) is 2. The lowest BCUT2D eigenvalue weighted by Crippen LogP contribution is -2.40. The lowest BCUT2D eigenvalue weighted by molar-refractivity contribution is -0.134. The second-order valence-electron chi connectivity index (χ2n) is 7.47. The number of carbonyl (C=O) groups excluding carboxylic acids is 2. The molecule has 0 aliphatic heterocycles. The zero-order valence-electron chi connectivity index (χ0n) is 18.6. The number of rotatable bonds is 9. The predicted molar refractivity (Wildman–Crippen MR) is 118 cm³/mol. The fourth-order valence-electron chi connectivity index (χ4n) is 3.03. The molecule has 0 heterocycles. The van der Waals surface area contributed by atoms with Crippen molar-refractivity contribution in [3.8, 4) is 11.5 Å². The van der Waals surface area contributed by atoms with E-state index in [1.165, 1.54) is 4.90 Å². The molecule has 0 saturated carbocycles. The molecule has 0 fully saturated rings. The van der Waals surface area contributed by atoms with Crippen LogP contribution in [0, 0.1) is 13.8 Å². The van der Waals surface area contributed by atoms with Crippen molar-refractivity contribution in [3.05, 3.63) is 53.1 Å². The number of hydrogen-bond acceptors (Lipinski definition) is 5. The van der Waals surface area contributed by atoms with Crippen LogP contribution in [0.15, 0.2) is 36.4 Å². The van der Waals surface area contributed by atoms with Gasteiger partial charge in [0.05, 0.1) is 27.3 Å². The topological polar surface area (TPSA) is 71.1 Å². The maximum atomic E-state index is 12.5. The number of aryl methyl sites for hydroxylation is 2. The van der Waals surface area contributed by atoms with E-state index in [4.69, 9.17) is 9.47 Å². The van der Waals surface area contributed by atoms with Crippen molar-refractivity contribution in [2.45, 2.75) is 20.4 Å². The number of benzene rings is 2. The van der Waals surface area contributed by atoms with Crippen LogP contribution in [0.4, 0.5) is 5.69 Å². The van der Waals surface area contributed by atoms with E-state index >= 15 is 0 Å². The van der Waals surface area contributed by atoms with Gasteiger partial charge >= 0.3 is 0 Å². The molecule has 7 heteroatoms. The second-order valence-corrected chi connectivity index (χ2v) is 7.47. The van der Waals surface area contributed by atoms with Crippen molar-refractivity contribution in [2.75, 3.05) is 46.7 Å². The molecule has 2 amide bonds. The molecular formula is C23H31N3O4. The molecule has 0 spiro atoms. The van der Waals surface area contributed by atoms with Crippen LogP contribution in [0.1, 0.15) is 16.7 Å². The van der Waals surface area contributed by atoms with Crippen molar-refractivity contribution < 1.29 is 19.1 Å². The molecule has 0 unspecified atom stereocenters. The SMILES string of the molecule is COc1cc(C)c(CN(C)CC(=O)N(C)CC(=O)Nc2ccc(C)cc2)cc1OC. The summed E-state index contributed by atoms with van der Waals surface area (Å²) in [6.45, 7) is 4.74. The zero-order valence-corrected chi connectivity index (χ0v) is 18.6. The summed E-state index contributed by atoms with van der Waals surface area (Å²) in [6.07, 6.45) is 0. The highest BCUT2D eigenvalue weighted by molar-refractivity contribution is 5.94. The quantitative estimate of drug-likeness (QED) is 0.685. The van der Waals surface area contributed by atoms with Crippen LogP contribution in [0.2, 0.25) is 0 Å². The Labute approximate surface area is 178 Å². The first-order valence-electron chi connectivity index (χ1n) is 9.74. The third kappa shape index (κ3) is 6.49. The summed E-state index contributed by atoms with van der Waals surface area (Å²) in [5, 5.41) is 2.81. The zero-order chi connectivity index (χ0) is 22.3. The first-order chi connectivity index (χ1) is 14.2. The summed E-state index contributed by atoms with van der Waals surface area (Å²) in [4.78, 5) is 28.1. The molecule has 2 aromatic rings. The molecule has 0 aromatic heterocycles. The standard InChI is InChI=1S/C23H31N3O4/c1-16-7-9-19(10-8-16)24-22(27)14-26(4)23(28)15-25(3)13-18-12-21(30-6)20(29-5)11-17(18)2/h7-12H,13-15H2,1-6H3,(H,24,27). The number of hydrogen-bond donors (Lipinski definition) is 1. The van der Waals surface area contributed by atoms with E-state index in [1.54, 1.807) is 21.3 Å². The Morgan fingerprint density at radius 2 is 1.53 bits per heavy atom. The first kappa shape index (κ1) is 23.2. The molecule has 2 rings (SSSR count). The van der Waals surface area contributed by atoms with Crippen molar-refractivity contribution in [1.82, 2.24) is 9.80 Å². The summed E-state index contributed by atoms with van der Waals surface area (Å²) in [5.41, 5.74) is 3.93. The fourth-order valence-corrected chi connectivity index (χ4v) is 3.03. The normalized spacial score (nSPS) is 10.6. The van der Waals surface area contributed by atoms with E-state index in [9.17, 15) is 9.59 Å². The highest BCUT2D eigenvalue weighted by Crippen LogP contribution is 2.30. The average molecular weight is 414 g/mol. The minimum atomic E-state index is -0.229. The van der Waals surface area contributed by atoms with Crippen LogP contribution in [0.25, 0.3) is 0 Å². The van der Waals surface area contributed by atoms with Gasteiger partial charge in [-0.2, -0.15) is 0 Å². The van der Waals surface area contributed by atoms with Crippen LogP contribution >= 0.6 is 0 Å². The van der Waals surface area contributed by atoms with Crippen LogP contribution < -0.4 is 14.8 Å². The highest BCUT2D eigenvalue weighted by atomic mass is 16.5. The van der Waals surface area contributed by atoms with Gasteiger partial charge in [-0.05, 0) is 56.3 Å². The Morgan fingerprint density at radius 3 is 2.13 bits per heavy atom. The minimum absolute atomic E-state index is 0.00403. The summed E-state index contributed by atoms with van der Waals surface area (Å²) < 4.78 is 10.7. The Morgan fingerprint density at radius 1 is 0.933 bits per heavy atom. The predicted octanol–water partition coefficient (Wildman–Crippen LogP) is 2.85. The molecule has 0 bridgehead atoms. The van der Waals surface area contributed by atoms with Crippen molar-refractivity contribution in [1.29, 1.82) is 0 Å². The average Bonchev–Trinajstić information content (AvgIpc) is 2.70. The summed E-state index contributed by atoms with van der Waals surface area (Å²) in [5.74, 6) is 0.974. The number of likely N-dealkylation sites (N-methyl/N-ethyl adjacent to an activating group) is 2. The maximum absolute atomic E-state index is 12.5. The summed E-state index contributed by atoms with van der Waals surface area (Å²) in [7, 11) is 6.70. The Kier molecular flexibility index (Phi) is 8.24. The monoisotopic (exact) mass is 413 g/mol. The molecule has 0 radical (unpaired) electrons. The van der Waals surface area contributed by atoms with Gasteiger partial charge in [0, 0.05) is 19.3 Å². The number of amides is 2. The van der Waals surface area contributed by atoms with E-state index in [0.717, 1.165) is 16.7 Å². The molecule has 0 aliphatic carbocycles. The highest BCUT2D eigenvalue weighted by Gasteiger charge is 2.17. The van der Waals surface area contributed by atoms with Crippen molar-refractivity contribution in [2.24, 2.45) is 0 Å². The van der Waals surface area contributed by atoms with Crippen LogP contribution in [0.3, 0.4) is 0 Å². The number of carbonyl (C=O) groups is 2. The van der Waals surface area contributed by atoms with Gasteiger partial charge in [0.1, 0.15) is 0 Å². The van der Waals surface area contributed by atoms with Crippen LogP contribution in [-0.2, 0) is 16.1 Å². The Balaban J connectivity index is 1.90. The number of nitrogens with one attached hydrogen (secondary N) is 1. The van der Waals surface area contributed by atoms with Gasteiger partial charge in [-0.15, -0.1) is 0 Å². The van der Waals surface area contributed by atoms with Gasteiger partial charge in [-0.25, -0.2) is 0 Å². The molecule has 30 heavy (non-hydrogen) atoms. The molecule has 2 aromatic carbocycles. The number of methoxy groups -OCH3 is 2. The van der Waals surface area contributed by atoms with Gasteiger partial charge in [-0.3, -0.25) is 14.5 Å². The lowest BCUT2D eigenvalue weighted by atomic mass is 10.1. The lowest BCUT2D eigenvalue weighted by Gasteiger charge is -2.23. The molecule has 7 nitrogen and oxygen atoms in total. The van der Waals surface area contributed by atoms with Crippen molar-refractivity contribution >= 4 is 17.5 Å². The van der Waals surface area contributed by atoms with E-state index in [0.29, 0.717) is 23.7 Å². The molecule has 0 atom stereocenters. The van der Waals surface area contributed by atoms with Crippen LogP contribution in [0.5, 0.6) is 11.5 Å². The van der Waals surface area contributed by atoms with Gasteiger partial charge in [-0.1, -0.05) is 17.7 Å². The Bertz CT molecular complexity index is 881. The minimum Gasteiger partial charge on any atom is -0.493 e. The maximum Gasteiger partial charge on any atom is 0.243 e. The number of ether oxygens (including phenoxy) is 2. The van der Waals surface area contributed by atoms with Gasteiger partial charge in [0.15, 0.2) is 11.5 Å². The van der Waals surface area contributed by atoms with E-state index in [1.807, 2.05) is 62.2 Å². The molecule has 0 aliphatic rings. The second kappa shape index (κ2) is 10.6. The van der Waals surface area contributed by atoms with Gasteiger partial charge < -0.3 is 19.7 Å². The molecule has 1 N–H and O–H groups in total. The van der Waals surface area contributed by atoms with E-state index in [-0.39, 0.29) is 24.9 Å².